The van der Waals surface area contributed by atoms with Crippen LogP contribution in [-0.2, 0) is 17.9 Å². The van der Waals surface area contributed by atoms with Gasteiger partial charge in [0.05, 0.1) is 12.1 Å². The number of rotatable bonds is 4. The number of benzene rings is 1. The molecule has 1 fully saturated rings. The van der Waals surface area contributed by atoms with E-state index >= 15 is 0 Å². The van der Waals surface area contributed by atoms with Crippen molar-refractivity contribution in [3.05, 3.63) is 36.0 Å². The Morgan fingerprint density at radius 3 is 2.94 bits per heavy atom. The maximum absolute atomic E-state index is 11.8. The van der Waals surface area contributed by atoms with Crippen LogP contribution in [0.25, 0.3) is 10.9 Å². The predicted octanol–water partition coefficient (Wildman–Crippen LogP) is 1.41. The lowest BCUT2D eigenvalue weighted by molar-refractivity contribution is -0.121. The summed E-state index contributed by atoms with van der Waals surface area (Å²) in [6.45, 7) is 0.308. The molecule has 4 nitrogen and oxygen atoms in total. The summed E-state index contributed by atoms with van der Waals surface area (Å²) in [5.41, 5.74) is 1.81. The molecule has 2 N–H and O–H groups in total. The molecule has 3 rings (SSSR count). The molecule has 18 heavy (non-hydrogen) atoms. The molecule has 0 radical (unpaired) electrons. The van der Waals surface area contributed by atoms with Crippen molar-refractivity contribution in [3.63, 3.8) is 0 Å². The van der Waals surface area contributed by atoms with Gasteiger partial charge in [0, 0.05) is 17.8 Å². The smallest absolute Gasteiger partial charge is 0.240 e. The summed E-state index contributed by atoms with van der Waals surface area (Å²) in [6.07, 6.45) is 4.09. The van der Waals surface area contributed by atoms with Gasteiger partial charge in [-0.15, -0.1) is 0 Å². The Bertz CT molecular complexity index is 584. The van der Waals surface area contributed by atoms with E-state index in [1.54, 1.807) is 0 Å². The molecule has 0 bridgehead atoms. The number of aliphatic hydroxyl groups excluding tert-OH is 1. The van der Waals surface area contributed by atoms with Crippen molar-refractivity contribution in [1.29, 1.82) is 0 Å². The zero-order valence-electron chi connectivity index (χ0n) is 10.1. The first-order chi connectivity index (χ1) is 8.78. The average molecular weight is 244 g/mol. The maximum Gasteiger partial charge on any atom is 0.240 e. The van der Waals surface area contributed by atoms with Crippen molar-refractivity contribution in [1.82, 2.24) is 9.88 Å². The molecule has 1 heterocycles. The van der Waals surface area contributed by atoms with E-state index in [1.807, 2.05) is 35.0 Å². The van der Waals surface area contributed by atoms with E-state index < -0.39 is 0 Å². The number of aromatic nitrogens is 1. The highest BCUT2D eigenvalue weighted by Crippen LogP contribution is 2.21. The quantitative estimate of drug-likeness (QED) is 0.854. The molecule has 0 saturated heterocycles. The van der Waals surface area contributed by atoms with Crippen molar-refractivity contribution in [3.8, 4) is 0 Å². The first-order valence-corrected chi connectivity index (χ1v) is 6.25. The highest BCUT2D eigenvalue weighted by atomic mass is 16.3. The lowest BCUT2D eigenvalue weighted by Crippen LogP contribution is -2.29. The number of carbonyl (C=O) groups is 1. The Hall–Kier alpha value is -1.81. The largest absolute Gasteiger partial charge is 0.392 e. The Morgan fingerprint density at radius 2 is 2.22 bits per heavy atom. The SMILES string of the molecule is O=C(Cn1ccc2cccc(CO)c21)NC1CC1. The molecule has 1 saturated carbocycles. The van der Waals surface area contributed by atoms with Gasteiger partial charge in [0.1, 0.15) is 6.54 Å². The number of para-hydroxylation sites is 1. The van der Waals surface area contributed by atoms with E-state index in [-0.39, 0.29) is 12.5 Å². The predicted molar refractivity (Wildman–Crippen MR) is 69.0 cm³/mol. The normalized spacial score (nSPS) is 14.9. The summed E-state index contributed by atoms with van der Waals surface area (Å²) in [7, 11) is 0. The Morgan fingerprint density at radius 1 is 1.39 bits per heavy atom. The molecule has 94 valence electrons. The fourth-order valence-corrected chi connectivity index (χ4v) is 2.26. The second kappa shape index (κ2) is 4.46. The van der Waals surface area contributed by atoms with Gasteiger partial charge in [0.25, 0.3) is 0 Å². The summed E-state index contributed by atoms with van der Waals surface area (Å²) < 4.78 is 1.90. The van der Waals surface area contributed by atoms with E-state index in [1.165, 1.54) is 0 Å². The van der Waals surface area contributed by atoms with Gasteiger partial charge >= 0.3 is 0 Å². The van der Waals surface area contributed by atoms with Gasteiger partial charge in [0.2, 0.25) is 5.91 Å². The Labute approximate surface area is 105 Å². The van der Waals surface area contributed by atoms with Gasteiger partial charge in [-0.1, -0.05) is 18.2 Å². The number of amides is 1. The third kappa shape index (κ3) is 2.11. The highest BCUT2D eigenvalue weighted by molar-refractivity contribution is 5.85. The summed E-state index contributed by atoms with van der Waals surface area (Å²) in [5.74, 6) is 0.0442. The zero-order chi connectivity index (χ0) is 12.5. The molecule has 1 aromatic heterocycles. The summed E-state index contributed by atoms with van der Waals surface area (Å²) in [4.78, 5) is 11.8. The minimum atomic E-state index is -0.00834. The van der Waals surface area contributed by atoms with Crippen molar-refractivity contribution in [2.24, 2.45) is 0 Å². The molecular formula is C14H16N2O2. The number of hydrogen-bond donors (Lipinski definition) is 2. The summed E-state index contributed by atoms with van der Waals surface area (Å²) in [5, 5.41) is 13.4. The molecule has 2 aromatic rings. The Balaban J connectivity index is 1.88. The Kier molecular flexibility index (Phi) is 2.80. The number of fused-ring (bicyclic) bond motifs is 1. The van der Waals surface area contributed by atoms with E-state index in [2.05, 4.69) is 5.32 Å². The molecule has 1 amide bonds. The summed E-state index contributed by atoms with van der Waals surface area (Å²) in [6, 6.07) is 8.15. The second-order valence-corrected chi connectivity index (χ2v) is 4.80. The minimum absolute atomic E-state index is 0.00834. The van der Waals surface area contributed by atoms with Gasteiger partial charge in [-0.2, -0.15) is 0 Å². The third-order valence-corrected chi connectivity index (χ3v) is 3.30. The van der Waals surface area contributed by atoms with Crippen LogP contribution in [-0.4, -0.2) is 21.6 Å². The third-order valence-electron chi connectivity index (χ3n) is 3.30. The number of aliphatic hydroxyl groups is 1. The lowest BCUT2D eigenvalue weighted by Gasteiger charge is -2.08. The van der Waals surface area contributed by atoms with Crippen LogP contribution in [0, 0.1) is 0 Å². The van der Waals surface area contributed by atoms with Crippen molar-refractivity contribution < 1.29 is 9.90 Å². The lowest BCUT2D eigenvalue weighted by atomic mass is 10.1. The van der Waals surface area contributed by atoms with E-state index in [4.69, 9.17) is 0 Å². The van der Waals surface area contributed by atoms with Gasteiger partial charge in [0.15, 0.2) is 0 Å². The van der Waals surface area contributed by atoms with E-state index in [0.717, 1.165) is 29.3 Å². The topological polar surface area (TPSA) is 54.3 Å². The monoisotopic (exact) mass is 244 g/mol. The summed E-state index contributed by atoms with van der Waals surface area (Å²) >= 11 is 0. The molecule has 0 aliphatic heterocycles. The minimum Gasteiger partial charge on any atom is -0.392 e. The number of nitrogens with one attached hydrogen (secondary N) is 1. The maximum atomic E-state index is 11.8. The highest BCUT2D eigenvalue weighted by Gasteiger charge is 2.23. The second-order valence-electron chi connectivity index (χ2n) is 4.80. The number of hydrogen-bond acceptors (Lipinski definition) is 2. The fraction of sp³-hybridized carbons (Fsp3) is 0.357. The van der Waals surface area contributed by atoms with E-state index in [9.17, 15) is 9.90 Å². The molecular weight excluding hydrogens is 228 g/mol. The molecule has 0 atom stereocenters. The van der Waals surface area contributed by atoms with Gasteiger partial charge in [-0.3, -0.25) is 4.79 Å². The van der Waals surface area contributed by atoms with Gasteiger partial charge in [-0.05, 0) is 24.3 Å². The van der Waals surface area contributed by atoms with Gasteiger partial charge in [-0.25, -0.2) is 0 Å². The van der Waals surface area contributed by atoms with Crippen molar-refractivity contribution >= 4 is 16.8 Å². The van der Waals surface area contributed by atoms with E-state index in [0.29, 0.717) is 12.6 Å². The van der Waals surface area contributed by atoms with Crippen LogP contribution in [0.15, 0.2) is 30.5 Å². The standard InChI is InChI=1S/C14H16N2O2/c17-9-11-3-1-2-10-6-7-16(14(10)11)8-13(18)15-12-4-5-12/h1-3,6-7,12,17H,4-5,8-9H2,(H,15,18). The van der Waals surface area contributed by atoms with Crippen LogP contribution in [0.1, 0.15) is 18.4 Å². The molecule has 0 unspecified atom stereocenters. The van der Waals surface area contributed by atoms with Crippen LogP contribution in [0.2, 0.25) is 0 Å². The number of carbonyl (C=O) groups excluding carboxylic acids is 1. The molecule has 1 aliphatic carbocycles. The molecule has 1 aromatic carbocycles. The molecule has 4 heteroatoms. The van der Waals surface area contributed by atoms with Crippen molar-refractivity contribution in [2.75, 3.05) is 0 Å². The number of nitrogens with zero attached hydrogens (tertiary/aromatic N) is 1. The average Bonchev–Trinajstić information content (AvgIpc) is 3.09. The van der Waals surface area contributed by atoms with Crippen LogP contribution >= 0.6 is 0 Å². The van der Waals surface area contributed by atoms with Crippen LogP contribution < -0.4 is 5.32 Å². The van der Waals surface area contributed by atoms with Gasteiger partial charge < -0.3 is 15.0 Å². The zero-order valence-corrected chi connectivity index (χ0v) is 10.1. The molecule has 1 aliphatic rings. The first kappa shape index (κ1) is 11.3. The fourth-order valence-electron chi connectivity index (χ4n) is 2.26. The van der Waals surface area contributed by atoms with Crippen molar-refractivity contribution in [2.45, 2.75) is 32.0 Å². The van der Waals surface area contributed by atoms with Crippen LogP contribution in [0.5, 0.6) is 0 Å². The molecule has 0 spiro atoms. The first-order valence-electron chi connectivity index (χ1n) is 6.25. The van der Waals surface area contributed by atoms with Crippen LogP contribution in [0.4, 0.5) is 0 Å². The van der Waals surface area contributed by atoms with Crippen LogP contribution in [0.3, 0.4) is 0 Å².